The van der Waals surface area contributed by atoms with Gasteiger partial charge >= 0.3 is 0 Å². The van der Waals surface area contributed by atoms with Crippen molar-refractivity contribution in [2.24, 2.45) is 0 Å². The average molecular weight is 400 g/mol. The molecule has 1 atom stereocenters. The molecule has 3 heterocycles. The van der Waals surface area contributed by atoms with Crippen LogP contribution in [0.3, 0.4) is 0 Å². The van der Waals surface area contributed by atoms with Crippen LogP contribution in [0.2, 0.25) is 5.02 Å². The molecule has 2 aromatic rings. The summed E-state index contributed by atoms with van der Waals surface area (Å²) < 4.78 is 13.6. The maximum absolute atomic E-state index is 11.9. The quantitative estimate of drug-likeness (QED) is 0.781. The lowest BCUT2D eigenvalue weighted by Gasteiger charge is -2.26. The number of ether oxygens (including phenoxy) is 2. The van der Waals surface area contributed by atoms with Gasteiger partial charge in [-0.1, -0.05) is 11.6 Å². The molecule has 0 aliphatic carbocycles. The first kappa shape index (κ1) is 17.8. The van der Waals surface area contributed by atoms with E-state index in [0.29, 0.717) is 30.5 Å². The molecule has 3 aliphatic rings. The van der Waals surface area contributed by atoms with Crippen molar-refractivity contribution in [2.45, 2.75) is 31.4 Å². The first-order valence-corrected chi connectivity index (χ1v) is 10.3. The number of β-amino-alcohol motifs (C(OH)–C–C–N with tert-alkyl or cyclic N) is 1. The van der Waals surface area contributed by atoms with Crippen molar-refractivity contribution in [2.75, 3.05) is 31.2 Å². The van der Waals surface area contributed by atoms with Crippen molar-refractivity contribution < 1.29 is 19.2 Å². The van der Waals surface area contributed by atoms with Crippen LogP contribution < -0.4 is 14.4 Å². The van der Waals surface area contributed by atoms with Crippen molar-refractivity contribution in [1.82, 2.24) is 0 Å². The van der Waals surface area contributed by atoms with E-state index >= 15 is 0 Å². The number of amidine groups is 1. The van der Waals surface area contributed by atoms with Gasteiger partial charge in [0.25, 0.3) is 11.6 Å². The Kier molecular flexibility index (Phi) is 4.44. The van der Waals surface area contributed by atoms with E-state index in [0.717, 1.165) is 42.8 Å². The van der Waals surface area contributed by atoms with Gasteiger partial charge in [0, 0.05) is 17.0 Å². The summed E-state index contributed by atoms with van der Waals surface area (Å²) in [7, 11) is 0. The van der Waals surface area contributed by atoms with Gasteiger partial charge in [-0.25, -0.2) is 9.48 Å². The summed E-state index contributed by atoms with van der Waals surface area (Å²) in [4.78, 5) is 2.23. The highest BCUT2D eigenvalue weighted by atomic mass is 35.5. The van der Waals surface area contributed by atoms with Crippen LogP contribution in [-0.2, 0) is 5.72 Å². The molecule has 6 heteroatoms. The summed E-state index contributed by atoms with van der Waals surface area (Å²) in [5, 5.41) is 12.6. The zero-order valence-corrected chi connectivity index (χ0v) is 16.5. The van der Waals surface area contributed by atoms with Crippen molar-refractivity contribution in [1.29, 1.82) is 0 Å². The molecule has 1 N–H and O–H groups in total. The zero-order chi connectivity index (χ0) is 19.1. The highest BCUT2D eigenvalue weighted by Crippen LogP contribution is 2.39. The van der Waals surface area contributed by atoms with Crippen molar-refractivity contribution in [3.05, 3.63) is 53.1 Å². The van der Waals surface area contributed by atoms with Gasteiger partial charge in [-0.2, -0.15) is 0 Å². The van der Waals surface area contributed by atoms with E-state index in [-0.39, 0.29) is 0 Å². The van der Waals surface area contributed by atoms with Gasteiger partial charge in [0.05, 0.1) is 6.54 Å². The van der Waals surface area contributed by atoms with Crippen LogP contribution in [-0.4, -0.2) is 41.8 Å². The SMILES string of the molecule is OC1(c2ccc3c(c2)OCCO3)CN(c2ccc(Cl)cc2)C2=[N+]1CCCCC2. The van der Waals surface area contributed by atoms with Gasteiger partial charge in [0.1, 0.15) is 18.9 Å². The zero-order valence-electron chi connectivity index (χ0n) is 15.7. The number of hydrogen-bond donors (Lipinski definition) is 1. The number of hydrogen-bond acceptors (Lipinski definition) is 4. The van der Waals surface area contributed by atoms with Crippen LogP contribution in [0.4, 0.5) is 5.69 Å². The minimum atomic E-state index is -1.10. The largest absolute Gasteiger partial charge is 0.486 e. The molecule has 0 aromatic heterocycles. The predicted molar refractivity (Wildman–Crippen MR) is 109 cm³/mol. The van der Waals surface area contributed by atoms with Crippen LogP contribution in [0.1, 0.15) is 31.2 Å². The Bertz CT molecular complexity index is 928. The summed E-state index contributed by atoms with van der Waals surface area (Å²) in [6, 6.07) is 13.6. The lowest BCUT2D eigenvalue weighted by molar-refractivity contribution is -0.658. The van der Waals surface area contributed by atoms with E-state index in [1.54, 1.807) is 0 Å². The minimum absolute atomic E-state index is 0.476. The highest BCUT2D eigenvalue weighted by molar-refractivity contribution is 6.30. The van der Waals surface area contributed by atoms with E-state index in [2.05, 4.69) is 9.48 Å². The van der Waals surface area contributed by atoms with Crippen molar-refractivity contribution >= 4 is 23.1 Å². The molecule has 5 rings (SSSR count). The molecule has 3 aliphatic heterocycles. The van der Waals surface area contributed by atoms with E-state index in [1.165, 1.54) is 12.3 Å². The standard InChI is InChI=1S/C22H24ClN2O3/c23-17-6-8-18(9-7-17)24-15-22(26,25-11-3-1-2-4-21(24)25)16-5-10-19-20(14-16)28-13-12-27-19/h5-10,14,26H,1-4,11-13,15H2/q+1. The molecule has 0 fully saturated rings. The summed E-state index contributed by atoms with van der Waals surface area (Å²) in [5.41, 5.74) is 0.794. The maximum Gasteiger partial charge on any atom is 0.271 e. The molecule has 146 valence electrons. The van der Waals surface area contributed by atoms with Gasteiger partial charge in [-0.3, -0.25) is 0 Å². The third-order valence-corrected chi connectivity index (χ3v) is 6.13. The second kappa shape index (κ2) is 6.98. The van der Waals surface area contributed by atoms with Crippen molar-refractivity contribution in [3.63, 3.8) is 0 Å². The van der Waals surface area contributed by atoms with E-state index in [9.17, 15) is 5.11 Å². The molecular formula is C22H24ClN2O3+. The fourth-order valence-electron chi connectivity index (χ4n) is 4.47. The monoisotopic (exact) mass is 399 g/mol. The summed E-state index contributed by atoms with van der Waals surface area (Å²) >= 11 is 6.09. The van der Waals surface area contributed by atoms with Crippen LogP contribution in [0.25, 0.3) is 0 Å². The molecule has 2 aromatic carbocycles. The highest BCUT2D eigenvalue weighted by Gasteiger charge is 2.52. The van der Waals surface area contributed by atoms with Gasteiger partial charge in [0.15, 0.2) is 18.0 Å². The molecule has 0 saturated heterocycles. The van der Waals surface area contributed by atoms with E-state index in [4.69, 9.17) is 21.1 Å². The lowest BCUT2D eigenvalue weighted by Crippen LogP contribution is -2.41. The second-order valence-corrected chi connectivity index (χ2v) is 8.05. The first-order valence-electron chi connectivity index (χ1n) is 9.94. The smallest absolute Gasteiger partial charge is 0.271 e. The Morgan fingerprint density at radius 2 is 1.75 bits per heavy atom. The number of rotatable bonds is 2. The van der Waals surface area contributed by atoms with Crippen molar-refractivity contribution in [3.8, 4) is 11.5 Å². The summed E-state index contributed by atoms with van der Waals surface area (Å²) in [5.74, 6) is 2.63. The van der Waals surface area contributed by atoms with E-state index < -0.39 is 5.72 Å². The number of benzene rings is 2. The number of anilines is 1. The van der Waals surface area contributed by atoms with Crippen LogP contribution in [0.15, 0.2) is 42.5 Å². The topological polar surface area (TPSA) is 44.9 Å². The Morgan fingerprint density at radius 3 is 2.57 bits per heavy atom. The maximum atomic E-state index is 11.9. The van der Waals surface area contributed by atoms with Gasteiger partial charge in [-0.05, 0) is 61.7 Å². The molecule has 28 heavy (non-hydrogen) atoms. The lowest BCUT2D eigenvalue weighted by atomic mass is 10.0. The number of halogens is 1. The van der Waals surface area contributed by atoms with Crippen LogP contribution in [0.5, 0.6) is 11.5 Å². The average Bonchev–Trinajstić information content (AvgIpc) is 2.87. The normalized spacial score (nSPS) is 24.1. The predicted octanol–water partition coefficient (Wildman–Crippen LogP) is 3.76. The Balaban J connectivity index is 1.58. The summed E-state index contributed by atoms with van der Waals surface area (Å²) in [6.45, 7) is 2.41. The molecule has 5 nitrogen and oxygen atoms in total. The third-order valence-electron chi connectivity index (χ3n) is 5.87. The number of nitrogens with zero attached hydrogens (tertiary/aromatic N) is 2. The Morgan fingerprint density at radius 1 is 0.964 bits per heavy atom. The second-order valence-electron chi connectivity index (χ2n) is 7.62. The first-order chi connectivity index (χ1) is 13.6. The third kappa shape index (κ3) is 2.93. The molecule has 0 bridgehead atoms. The molecule has 0 radical (unpaired) electrons. The Labute approximate surface area is 169 Å². The van der Waals surface area contributed by atoms with Gasteiger partial charge in [0.2, 0.25) is 0 Å². The minimum Gasteiger partial charge on any atom is -0.486 e. The summed E-state index contributed by atoms with van der Waals surface area (Å²) in [6.07, 6.45) is 4.33. The Hall–Kier alpha value is -2.24. The molecular weight excluding hydrogens is 376 g/mol. The van der Waals surface area contributed by atoms with Gasteiger partial charge in [-0.15, -0.1) is 0 Å². The van der Waals surface area contributed by atoms with Crippen LogP contribution in [0, 0.1) is 0 Å². The fourth-order valence-corrected chi connectivity index (χ4v) is 4.60. The fraction of sp³-hybridized carbons (Fsp3) is 0.409. The van der Waals surface area contributed by atoms with E-state index in [1.807, 2.05) is 42.5 Å². The number of aliphatic hydroxyl groups is 1. The number of fused-ring (bicyclic) bond motifs is 1. The molecule has 1 unspecified atom stereocenters. The molecule has 0 saturated carbocycles. The van der Waals surface area contributed by atoms with Gasteiger partial charge < -0.3 is 14.6 Å². The molecule has 0 amide bonds. The molecule has 0 spiro atoms. The van der Waals surface area contributed by atoms with Crippen LogP contribution >= 0.6 is 11.6 Å².